The zero-order valence-electron chi connectivity index (χ0n) is 12.0. The van der Waals surface area contributed by atoms with Gasteiger partial charge in [-0.05, 0) is 55.7 Å². The first-order valence-corrected chi connectivity index (χ1v) is 7.69. The minimum absolute atomic E-state index is 0.0927. The molecule has 20 heavy (non-hydrogen) atoms. The lowest BCUT2D eigenvalue weighted by Gasteiger charge is -2.10. The highest BCUT2D eigenvalue weighted by molar-refractivity contribution is 9.10. The van der Waals surface area contributed by atoms with Crippen LogP contribution < -0.4 is 0 Å². The van der Waals surface area contributed by atoms with Crippen molar-refractivity contribution in [2.75, 3.05) is 0 Å². The molecule has 0 saturated heterocycles. The minimum atomic E-state index is 0.0927. The van der Waals surface area contributed by atoms with Gasteiger partial charge in [-0.3, -0.25) is 0 Å². The van der Waals surface area contributed by atoms with Crippen molar-refractivity contribution in [3.8, 4) is 0 Å². The second-order valence-corrected chi connectivity index (χ2v) is 6.18. The number of nitrogens with zero attached hydrogens (tertiary/aromatic N) is 1. The molecule has 0 aliphatic carbocycles. The fourth-order valence-electron chi connectivity index (χ4n) is 3.21. The third-order valence-corrected chi connectivity index (χ3v) is 4.63. The molecular formula is C17H18BrNO. The summed E-state index contributed by atoms with van der Waals surface area (Å²) in [6.45, 7) is 7.44. The number of hydrogen-bond donors (Lipinski definition) is 1. The van der Waals surface area contributed by atoms with E-state index in [4.69, 9.17) is 0 Å². The highest BCUT2D eigenvalue weighted by Gasteiger charge is 2.16. The summed E-state index contributed by atoms with van der Waals surface area (Å²) < 4.78 is 3.45. The van der Waals surface area contributed by atoms with Crippen molar-refractivity contribution in [2.24, 2.45) is 0 Å². The van der Waals surface area contributed by atoms with Crippen LogP contribution in [0.5, 0.6) is 0 Å². The van der Waals surface area contributed by atoms with Gasteiger partial charge in [0.2, 0.25) is 0 Å². The zero-order valence-corrected chi connectivity index (χ0v) is 13.6. The Morgan fingerprint density at radius 1 is 1.20 bits per heavy atom. The van der Waals surface area contributed by atoms with Gasteiger partial charge in [0.15, 0.2) is 0 Å². The normalized spacial score (nSPS) is 11.7. The molecule has 0 unspecified atom stereocenters. The van der Waals surface area contributed by atoms with Crippen molar-refractivity contribution in [1.82, 2.24) is 4.57 Å². The fraction of sp³-hybridized carbons (Fsp3) is 0.294. The number of fused-ring (bicyclic) bond motifs is 3. The Morgan fingerprint density at radius 3 is 2.60 bits per heavy atom. The molecule has 2 nitrogen and oxygen atoms in total. The molecule has 3 rings (SSSR count). The van der Waals surface area contributed by atoms with Gasteiger partial charge in [-0.25, -0.2) is 0 Å². The van der Waals surface area contributed by atoms with E-state index in [1.165, 1.54) is 32.9 Å². The van der Waals surface area contributed by atoms with Gasteiger partial charge >= 0.3 is 0 Å². The molecule has 0 atom stereocenters. The van der Waals surface area contributed by atoms with Crippen LogP contribution in [0.1, 0.15) is 23.6 Å². The molecule has 3 heteroatoms. The van der Waals surface area contributed by atoms with E-state index in [2.05, 4.69) is 65.5 Å². The molecule has 1 aromatic heterocycles. The van der Waals surface area contributed by atoms with Gasteiger partial charge in [0, 0.05) is 27.3 Å². The van der Waals surface area contributed by atoms with Gasteiger partial charge < -0.3 is 9.67 Å². The second-order valence-electron chi connectivity index (χ2n) is 5.27. The number of aliphatic hydroxyl groups is 1. The van der Waals surface area contributed by atoms with Crippen LogP contribution in [-0.2, 0) is 13.2 Å². The first-order chi connectivity index (χ1) is 9.58. The maximum absolute atomic E-state index is 9.58. The molecule has 1 N–H and O–H groups in total. The predicted octanol–water partition coefficient (Wildman–Crippen LogP) is 4.69. The standard InChI is InChI=1S/C17H18BrNO/c1-4-19-15-6-5-13(18)8-14(15)16-11(3)12(9-20)7-10(2)17(16)19/h5-8,20H,4,9H2,1-3H3. The van der Waals surface area contributed by atoms with Crippen molar-refractivity contribution in [3.63, 3.8) is 0 Å². The third-order valence-electron chi connectivity index (χ3n) is 4.13. The van der Waals surface area contributed by atoms with Crippen molar-refractivity contribution >= 4 is 37.7 Å². The van der Waals surface area contributed by atoms with Gasteiger partial charge in [-0.2, -0.15) is 0 Å². The minimum Gasteiger partial charge on any atom is -0.392 e. The molecule has 2 aromatic carbocycles. The smallest absolute Gasteiger partial charge is 0.0684 e. The van der Waals surface area contributed by atoms with Crippen LogP contribution in [-0.4, -0.2) is 9.67 Å². The molecule has 0 bridgehead atoms. The van der Waals surface area contributed by atoms with Gasteiger partial charge in [-0.1, -0.05) is 22.0 Å². The predicted molar refractivity (Wildman–Crippen MR) is 88.2 cm³/mol. The van der Waals surface area contributed by atoms with E-state index in [-0.39, 0.29) is 6.61 Å². The topological polar surface area (TPSA) is 25.2 Å². The number of hydrogen-bond acceptors (Lipinski definition) is 1. The number of benzene rings is 2. The summed E-state index contributed by atoms with van der Waals surface area (Å²) in [6, 6.07) is 8.54. The summed E-state index contributed by atoms with van der Waals surface area (Å²) in [4.78, 5) is 0. The van der Waals surface area contributed by atoms with Gasteiger partial charge in [0.25, 0.3) is 0 Å². The first-order valence-electron chi connectivity index (χ1n) is 6.89. The van der Waals surface area contributed by atoms with Gasteiger partial charge in [0.05, 0.1) is 12.1 Å². The first kappa shape index (κ1) is 13.7. The summed E-state index contributed by atoms with van der Waals surface area (Å²) in [6.07, 6.45) is 0. The summed E-state index contributed by atoms with van der Waals surface area (Å²) in [5.74, 6) is 0. The Kier molecular flexibility index (Phi) is 3.35. The highest BCUT2D eigenvalue weighted by atomic mass is 79.9. The summed E-state index contributed by atoms with van der Waals surface area (Å²) in [7, 11) is 0. The van der Waals surface area contributed by atoms with Crippen molar-refractivity contribution in [3.05, 3.63) is 45.4 Å². The number of aryl methyl sites for hydroxylation is 3. The summed E-state index contributed by atoms with van der Waals surface area (Å²) in [5, 5.41) is 12.1. The van der Waals surface area contributed by atoms with E-state index in [0.717, 1.165) is 16.6 Å². The van der Waals surface area contributed by atoms with Crippen LogP contribution in [0, 0.1) is 13.8 Å². The van der Waals surface area contributed by atoms with Crippen LogP contribution in [0.25, 0.3) is 21.8 Å². The zero-order chi connectivity index (χ0) is 14.4. The highest BCUT2D eigenvalue weighted by Crippen LogP contribution is 2.36. The number of aromatic nitrogens is 1. The maximum atomic E-state index is 9.58. The average Bonchev–Trinajstić information content (AvgIpc) is 2.76. The third kappa shape index (κ3) is 1.80. The number of rotatable bonds is 2. The van der Waals surface area contributed by atoms with E-state index >= 15 is 0 Å². The lowest BCUT2D eigenvalue weighted by Crippen LogP contribution is -1.97. The van der Waals surface area contributed by atoms with E-state index in [9.17, 15) is 5.11 Å². The molecule has 0 radical (unpaired) electrons. The van der Waals surface area contributed by atoms with Crippen LogP contribution in [0.4, 0.5) is 0 Å². The van der Waals surface area contributed by atoms with E-state index < -0.39 is 0 Å². The number of aliphatic hydroxyl groups excluding tert-OH is 1. The molecule has 0 fully saturated rings. The molecule has 104 valence electrons. The molecule has 0 aliphatic rings. The monoisotopic (exact) mass is 331 g/mol. The van der Waals surface area contributed by atoms with Crippen molar-refractivity contribution in [1.29, 1.82) is 0 Å². The molecule has 0 saturated carbocycles. The largest absolute Gasteiger partial charge is 0.392 e. The van der Waals surface area contributed by atoms with Crippen LogP contribution in [0.2, 0.25) is 0 Å². The molecule has 0 amide bonds. The Labute approximate surface area is 127 Å². The molecule has 0 aliphatic heterocycles. The van der Waals surface area contributed by atoms with Crippen LogP contribution in [0.3, 0.4) is 0 Å². The Balaban J connectivity index is 2.62. The van der Waals surface area contributed by atoms with Crippen molar-refractivity contribution in [2.45, 2.75) is 33.9 Å². The fourth-order valence-corrected chi connectivity index (χ4v) is 3.57. The SMILES string of the molecule is CCn1c2ccc(Br)cc2c2c(C)c(CO)cc(C)c21. The molecule has 1 heterocycles. The van der Waals surface area contributed by atoms with E-state index in [1.54, 1.807) is 0 Å². The number of halogens is 1. The lowest BCUT2D eigenvalue weighted by atomic mass is 9.99. The van der Waals surface area contributed by atoms with Crippen LogP contribution in [0.15, 0.2) is 28.7 Å². The van der Waals surface area contributed by atoms with Gasteiger partial charge in [0.1, 0.15) is 0 Å². The molecule has 3 aromatic rings. The van der Waals surface area contributed by atoms with Gasteiger partial charge in [-0.15, -0.1) is 0 Å². The molecule has 0 spiro atoms. The second kappa shape index (κ2) is 4.90. The maximum Gasteiger partial charge on any atom is 0.0684 e. The van der Waals surface area contributed by atoms with Crippen molar-refractivity contribution < 1.29 is 5.11 Å². The van der Waals surface area contributed by atoms with E-state index in [0.29, 0.717) is 0 Å². The summed E-state index contributed by atoms with van der Waals surface area (Å²) in [5.41, 5.74) is 5.97. The Morgan fingerprint density at radius 2 is 1.95 bits per heavy atom. The van der Waals surface area contributed by atoms with Crippen LogP contribution >= 0.6 is 15.9 Å². The Bertz CT molecular complexity index is 817. The lowest BCUT2D eigenvalue weighted by molar-refractivity contribution is 0.281. The molecular weight excluding hydrogens is 314 g/mol. The average molecular weight is 332 g/mol. The Hall–Kier alpha value is -1.32. The summed E-state index contributed by atoms with van der Waals surface area (Å²) >= 11 is 3.57. The quantitative estimate of drug-likeness (QED) is 0.724. The van der Waals surface area contributed by atoms with E-state index in [1.807, 2.05) is 0 Å².